The third-order valence-corrected chi connectivity index (χ3v) is 3.75. The maximum absolute atomic E-state index is 6.16. The van der Waals surface area contributed by atoms with Gasteiger partial charge in [-0.15, -0.1) is 0 Å². The second-order valence-electron chi connectivity index (χ2n) is 4.95. The smallest absolute Gasteiger partial charge is 0.170 e. The molecule has 2 rings (SSSR count). The Hall–Kier alpha value is -1.63. The van der Waals surface area contributed by atoms with E-state index in [1.165, 1.54) is 0 Å². The van der Waals surface area contributed by atoms with E-state index in [0.717, 1.165) is 42.5 Å². The van der Waals surface area contributed by atoms with Crippen LogP contribution in [0.3, 0.4) is 0 Å². The van der Waals surface area contributed by atoms with Gasteiger partial charge in [-0.3, -0.25) is 4.68 Å². The van der Waals surface area contributed by atoms with E-state index in [1.54, 1.807) is 6.20 Å². The molecular formula is C16H21ClN4OS. The molecule has 0 atom stereocenters. The molecule has 0 bridgehead atoms. The number of thiocarbonyl (C=S) groups is 1. The highest BCUT2D eigenvalue weighted by atomic mass is 35.5. The summed E-state index contributed by atoms with van der Waals surface area (Å²) in [5, 5.41) is 11.9. The average Bonchev–Trinajstić information content (AvgIpc) is 2.96. The minimum atomic E-state index is 0.582. The molecule has 0 aliphatic rings. The molecule has 23 heavy (non-hydrogen) atoms. The van der Waals surface area contributed by atoms with Crippen LogP contribution in [0.15, 0.2) is 36.7 Å². The van der Waals surface area contributed by atoms with Crippen molar-refractivity contribution < 1.29 is 4.74 Å². The maximum atomic E-state index is 6.16. The van der Waals surface area contributed by atoms with Gasteiger partial charge in [-0.25, -0.2) is 0 Å². The summed E-state index contributed by atoms with van der Waals surface area (Å²) in [6.45, 7) is 4.87. The Bertz CT molecular complexity index is 632. The number of nitrogens with zero attached hydrogens (tertiary/aromatic N) is 2. The first-order valence-electron chi connectivity index (χ1n) is 7.57. The number of hydrogen-bond acceptors (Lipinski definition) is 3. The molecule has 0 spiro atoms. The van der Waals surface area contributed by atoms with E-state index in [2.05, 4.69) is 15.7 Å². The summed E-state index contributed by atoms with van der Waals surface area (Å²) in [7, 11) is 0. The number of halogens is 1. The molecule has 0 aliphatic carbocycles. The van der Waals surface area contributed by atoms with Crippen LogP contribution in [0.4, 0.5) is 5.69 Å². The largest absolute Gasteiger partial charge is 0.382 e. The quantitative estimate of drug-likeness (QED) is 0.564. The lowest BCUT2D eigenvalue weighted by atomic mass is 10.2. The molecule has 0 radical (unpaired) electrons. The van der Waals surface area contributed by atoms with E-state index < -0.39 is 0 Å². The molecule has 7 heteroatoms. The van der Waals surface area contributed by atoms with Gasteiger partial charge in [-0.2, -0.15) is 5.10 Å². The van der Waals surface area contributed by atoms with E-state index in [1.807, 2.05) is 42.1 Å². The van der Waals surface area contributed by atoms with Crippen LogP contribution in [0, 0.1) is 0 Å². The van der Waals surface area contributed by atoms with Crippen molar-refractivity contribution >= 4 is 34.6 Å². The zero-order valence-electron chi connectivity index (χ0n) is 13.1. The molecule has 5 nitrogen and oxygen atoms in total. The third kappa shape index (κ3) is 6.17. The summed E-state index contributed by atoms with van der Waals surface area (Å²) >= 11 is 11.4. The molecular weight excluding hydrogens is 332 g/mol. The molecule has 0 saturated heterocycles. The Morgan fingerprint density at radius 3 is 3.00 bits per heavy atom. The molecule has 0 amide bonds. The van der Waals surface area contributed by atoms with Crippen LogP contribution >= 0.6 is 23.8 Å². The predicted octanol–water partition coefficient (Wildman–Crippen LogP) is 3.30. The molecule has 0 unspecified atom stereocenters. The van der Waals surface area contributed by atoms with Crippen LogP contribution in [0.2, 0.25) is 5.02 Å². The minimum Gasteiger partial charge on any atom is -0.382 e. The first-order chi connectivity index (χ1) is 11.2. The summed E-state index contributed by atoms with van der Waals surface area (Å²) < 4.78 is 7.10. The first kappa shape index (κ1) is 17.7. The molecule has 124 valence electrons. The van der Waals surface area contributed by atoms with Crippen molar-refractivity contribution in [2.75, 3.05) is 25.1 Å². The zero-order chi connectivity index (χ0) is 16.5. The topological polar surface area (TPSA) is 51.1 Å². The van der Waals surface area contributed by atoms with Gasteiger partial charge in [-0.1, -0.05) is 29.8 Å². The van der Waals surface area contributed by atoms with Gasteiger partial charge in [0.15, 0.2) is 5.11 Å². The van der Waals surface area contributed by atoms with E-state index in [0.29, 0.717) is 11.7 Å². The van der Waals surface area contributed by atoms with E-state index in [4.69, 9.17) is 28.6 Å². The van der Waals surface area contributed by atoms with Crippen molar-refractivity contribution in [3.63, 3.8) is 0 Å². The monoisotopic (exact) mass is 352 g/mol. The van der Waals surface area contributed by atoms with Gasteiger partial charge >= 0.3 is 0 Å². The van der Waals surface area contributed by atoms with Gasteiger partial charge in [-0.05, 0) is 37.2 Å². The molecule has 0 fully saturated rings. The lowest BCUT2D eigenvalue weighted by molar-refractivity contribution is 0.146. The van der Waals surface area contributed by atoms with Crippen molar-refractivity contribution in [2.45, 2.75) is 19.9 Å². The Kier molecular flexibility index (Phi) is 7.32. The van der Waals surface area contributed by atoms with E-state index in [-0.39, 0.29) is 0 Å². The Balaban J connectivity index is 1.78. The van der Waals surface area contributed by atoms with E-state index in [9.17, 15) is 0 Å². The number of rotatable bonds is 8. The van der Waals surface area contributed by atoms with Crippen LogP contribution in [0.25, 0.3) is 0 Å². The summed E-state index contributed by atoms with van der Waals surface area (Å²) in [6, 6.07) is 7.74. The molecule has 2 aromatic rings. The molecule has 1 heterocycles. The number of hydrogen-bond donors (Lipinski definition) is 2. The van der Waals surface area contributed by atoms with Gasteiger partial charge in [0.2, 0.25) is 0 Å². The van der Waals surface area contributed by atoms with Crippen molar-refractivity contribution in [2.24, 2.45) is 0 Å². The fourth-order valence-corrected chi connectivity index (χ4v) is 2.43. The maximum Gasteiger partial charge on any atom is 0.170 e. The second kappa shape index (κ2) is 9.50. The molecule has 1 aromatic heterocycles. The highest BCUT2D eigenvalue weighted by Gasteiger charge is 2.04. The Morgan fingerprint density at radius 2 is 2.22 bits per heavy atom. The van der Waals surface area contributed by atoms with Crippen molar-refractivity contribution in [1.82, 2.24) is 15.1 Å². The lowest BCUT2D eigenvalue weighted by Gasteiger charge is -2.08. The van der Waals surface area contributed by atoms with Gasteiger partial charge in [0.1, 0.15) is 0 Å². The summed E-state index contributed by atoms with van der Waals surface area (Å²) in [4.78, 5) is 0. The van der Waals surface area contributed by atoms with Gasteiger partial charge in [0.25, 0.3) is 0 Å². The zero-order valence-corrected chi connectivity index (χ0v) is 14.7. The second-order valence-corrected chi connectivity index (χ2v) is 5.76. The molecule has 0 aliphatic heterocycles. The Morgan fingerprint density at radius 1 is 1.39 bits per heavy atom. The highest BCUT2D eigenvalue weighted by Crippen LogP contribution is 2.16. The SMILES string of the molecule is CCOCCCNC(=S)Nc1cnn(Cc2ccccc2Cl)c1. The number of aromatic nitrogens is 2. The number of anilines is 1. The van der Waals surface area contributed by atoms with Crippen LogP contribution in [-0.2, 0) is 11.3 Å². The number of ether oxygens (including phenoxy) is 1. The predicted molar refractivity (Wildman–Crippen MR) is 98.1 cm³/mol. The standard InChI is InChI=1S/C16H21ClN4OS/c1-2-22-9-5-8-18-16(23)20-14-10-19-21(12-14)11-13-6-3-4-7-15(13)17/h3-4,6-7,10,12H,2,5,8-9,11H2,1H3,(H2,18,20,23). The number of nitrogens with one attached hydrogen (secondary N) is 2. The molecule has 2 N–H and O–H groups in total. The van der Waals surface area contributed by atoms with Gasteiger partial charge in [0.05, 0.1) is 18.4 Å². The molecule has 0 saturated carbocycles. The van der Waals surface area contributed by atoms with Gasteiger partial charge in [0, 0.05) is 31.0 Å². The highest BCUT2D eigenvalue weighted by molar-refractivity contribution is 7.80. The first-order valence-corrected chi connectivity index (χ1v) is 8.36. The van der Waals surface area contributed by atoms with Crippen LogP contribution in [0.5, 0.6) is 0 Å². The summed E-state index contributed by atoms with van der Waals surface area (Å²) in [6.07, 6.45) is 4.56. The fraction of sp³-hybridized carbons (Fsp3) is 0.375. The number of benzene rings is 1. The lowest BCUT2D eigenvalue weighted by Crippen LogP contribution is -2.29. The molecule has 1 aromatic carbocycles. The average molecular weight is 353 g/mol. The van der Waals surface area contributed by atoms with Crippen LogP contribution in [0.1, 0.15) is 18.9 Å². The van der Waals surface area contributed by atoms with Crippen molar-refractivity contribution in [3.05, 3.63) is 47.2 Å². The third-order valence-electron chi connectivity index (χ3n) is 3.14. The fourth-order valence-electron chi connectivity index (χ4n) is 2.01. The summed E-state index contributed by atoms with van der Waals surface area (Å²) in [5.41, 5.74) is 1.87. The summed E-state index contributed by atoms with van der Waals surface area (Å²) in [5.74, 6) is 0. The van der Waals surface area contributed by atoms with Crippen LogP contribution < -0.4 is 10.6 Å². The Labute approximate surface area is 147 Å². The minimum absolute atomic E-state index is 0.582. The van der Waals surface area contributed by atoms with E-state index >= 15 is 0 Å². The normalized spacial score (nSPS) is 10.5. The van der Waals surface area contributed by atoms with Gasteiger partial charge < -0.3 is 15.4 Å². The van der Waals surface area contributed by atoms with Crippen molar-refractivity contribution in [3.8, 4) is 0 Å². The van der Waals surface area contributed by atoms with Crippen LogP contribution in [-0.4, -0.2) is 34.7 Å². The van der Waals surface area contributed by atoms with Crippen molar-refractivity contribution in [1.29, 1.82) is 0 Å².